The van der Waals surface area contributed by atoms with Gasteiger partial charge in [-0.1, -0.05) is 0 Å². The number of nitrogens with zero attached hydrogens (tertiary/aromatic N) is 1. The minimum atomic E-state index is 0.968. The highest BCUT2D eigenvalue weighted by Crippen LogP contribution is 2.36. The first-order valence-electron chi connectivity index (χ1n) is 4.65. The number of rotatable bonds is 4. The molecule has 0 saturated heterocycles. The van der Waals surface area contributed by atoms with E-state index in [0.29, 0.717) is 0 Å². The fourth-order valence-electron chi connectivity index (χ4n) is 1.19. The average molecular weight is 194 g/mol. The molecule has 1 aromatic rings. The molecule has 0 spiro atoms. The number of thioether (sulfide) groups is 1. The molecule has 1 aliphatic carbocycles. The number of pyridine rings is 1. The second kappa shape index (κ2) is 4.01. The second-order valence-electron chi connectivity index (χ2n) is 3.35. The highest BCUT2D eigenvalue weighted by molar-refractivity contribution is 7.99. The summed E-state index contributed by atoms with van der Waals surface area (Å²) in [7, 11) is 1.92. The minimum absolute atomic E-state index is 0.968. The van der Waals surface area contributed by atoms with Gasteiger partial charge >= 0.3 is 0 Å². The third-order valence-electron chi connectivity index (χ3n) is 2.18. The van der Waals surface area contributed by atoms with E-state index in [2.05, 4.69) is 16.4 Å². The molecule has 1 heterocycles. The molecule has 1 N–H and O–H groups in total. The second-order valence-corrected chi connectivity index (χ2v) is 4.42. The lowest BCUT2D eigenvalue weighted by atomic mass is 10.4. The van der Waals surface area contributed by atoms with Crippen LogP contribution >= 0.6 is 11.8 Å². The van der Waals surface area contributed by atoms with Crippen LogP contribution in [0.25, 0.3) is 0 Å². The van der Waals surface area contributed by atoms with Gasteiger partial charge in [-0.25, -0.2) is 4.98 Å². The van der Waals surface area contributed by atoms with E-state index in [1.54, 1.807) is 0 Å². The summed E-state index contributed by atoms with van der Waals surface area (Å²) in [4.78, 5) is 5.54. The van der Waals surface area contributed by atoms with E-state index < -0.39 is 0 Å². The van der Waals surface area contributed by atoms with Gasteiger partial charge in [0.15, 0.2) is 0 Å². The van der Waals surface area contributed by atoms with Gasteiger partial charge in [-0.05, 0) is 30.9 Å². The fourth-order valence-corrected chi connectivity index (χ4v) is 2.40. The van der Waals surface area contributed by atoms with Crippen LogP contribution in [0.1, 0.15) is 12.8 Å². The van der Waals surface area contributed by atoms with Crippen molar-refractivity contribution in [3.63, 3.8) is 0 Å². The van der Waals surface area contributed by atoms with Crippen molar-refractivity contribution in [3.8, 4) is 0 Å². The van der Waals surface area contributed by atoms with Crippen molar-refractivity contribution >= 4 is 17.6 Å². The predicted octanol–water partition coefficient (Wildman–Crippen LogP) is 2.63. The van der Waals surface area contributed by atoms with Crippen LogP contribution < -0.4 is 5.32 Å². The fraction of sp³-hybridized carbons (Fsp3) is 0.500. The zero-order valence-corrected chi connectivity index (χ0v) is 8.60. The van der Waals surface area contributed by atoms with Gasteiger partial charge in [-0.3, -0.25) is 0 Å². The summed E-state index contributed by atoms with van der Waals surface area (Å²) in [5.74, 6) is 3.23. The topological polar surface area (TPSA) is 24.9 Å². The van der Waals surface area contributed by atoms with Gasteiger partial charge in [-0.15, -0.1) is 11.8 Å². The zero-order valence-electron chi connectivity index (χ0n) is 7.79. The molecule has 1 fully saturated rings. The molecule has 2 nitrogen and oxygen atoms in total. The Morgan fingerprint density at radius 1 is 1.62 bits per heavy atom. The van der Waals surface area contributed by atoms with Crippen LogP contribution in [0.15, 0.2) is 23.2 Å². The molecule has 1 aromatic heterocycles. The quantitative estimate of drug-likeness (QED) is 0.746. The maximum atomic E-state index is 4.26. The Labute approximate surface area is 83.1 Å². The molecule has 0 aromatic carbocycles. The monoisotopic (exact) mass is 194 g/mol. The van der Waals surface area contributed by atoms with Gasteiger partial charge in [0.1, 0.15) is 5.82 Å². The van der Waals surface area contributed by atoms with E-state index in [4.69, 9.17) is 0 Å². The third-order valence-corrected chi connectivity index (χ3v) is 3.46. The van der Waals surface area contributed by atoms with Crippen LogP contribution in [0.2, 0.25) is 0 Å². The molecule has 0 unspecified atom stereocenters. The third kappa shape index (κ3) is 2.37. The first kappa shape index (κ1) is 8.88. The highest BCUT2D eigenvalue weighted by atomic mass is 32.2. The smallest absolute Gasteiger partial charge is 0.139 e. The number of aromatic nitrogens is 1. The van der Waals surface area contributed by atoms with Crippen molar-refractivity contribution in [2.75, 3.05) is 18.1 Å². The van der Waals surface area contributed by atoms with Crippen molar-refractivity contribution in [3.05, 3.63) is 18.3 Å². The van der Waals surface area contributed by atoms with Crippen molar-refractivity contribution in [2.45, 2.75) is 17.7 Å². The first-order chi connectivity index (χ1) is 6.40. The van der Waals surface area contributed by atoms with Crippen LogP contribution in [0.5, 0.6) is 0 Å². The summed E-state index contributed by atoms with van der Waals surface area (Å²) < 4.78 is 0. The molecule has 1 aliphatic rings. The van der Waals surface area contributed by atoms with Gasteiger partial charge in [-0.2, -0.15) is 0 Å². The standard InChI is InChI=1S/C10H14N2S/c1-11-10-9(3-2-6-12-10)13-7-8-4-5-8/h2-3,6,8H,4-5,7H2,1H3,(H,11,12). The van der Waals surface area contributed by atoms with Gasteiger partial charge in [0.2, 0.25) is 0 Å². The summed E-state index contributed by atoms with van der Waals surface area (Å²) >= 11 is 1.92. The summed E-state index contributed by atoms with van der Waals surface area (Å²) in [6.45, 7) is 0. The van der Waals surface area contributed by atoms with Crippen molar-refractivity contribution in [1.82, 2.24) is 4.98 Å². The predicted molar refractivity (Wildman–Crippen MR) is 57.2 cm³/mol. The molecule has 1 saturated carbocycles. The van der Waals surface area contributed by atoms with E-state index in [0.717, 1.165) is 11.7 Å². The van der Waals surface area contributed by atoms with Crippen molar-refractivity contribution in [1.29, 1.82) is 0 Å². The first-order valence-corrected chi connectivity index (χ1v) is 5.64. The molecule has 3 heteroatoms. The Hall–Kier alpha value is -0.700. The number of hydrogen-bond donors (Lipinski definition) is 1. The Bertz CT molecular complexity index is 284. The van der Waals surface area contributed by atoms with Crippen LogP contribution in [-0.2, 0) is 0 Å². The molecular formula is C10H14N2S. The van der Waals surface area contributed by atoms with Gasteiger partial charge in [0.25, 0.3) is 0 Å². The van der Waals surface area contributed by atoms with Gasteiger partial charge in [0.05, 0.1) is 0 Å². The largest absolute Gasteiger partial charge is 0.372 e. The number of nitrogens with one attached hydrogen (secondary N) is 1. The van der Waals surface area contributed by atoms with Gasteiger partial charge < -0.3 is 5.32 Å². The lowest BCUT2D eigenvalue weighted by molar-refractivity contribution is 0.999. The van der Waals surface area contributed by atoms with Crippen LogP contribution in [0, 0.1) is 5.92 Å². The Morgan fingerprint density at radius 2 is 2.46 bits per heavy atom. The van der Waals surface area contributed by atoms with Crippen LogP contribution in [0.3, 0.4) is 0 Å². The molecule has 13 heavy (non-hydrogen) atoms. The highest BCUT2D eigenvalue weighted by Gasteiger charge is 2.21. The number of anilines is 1. The Morgan fingerprint density at radius 3 is 3.15 bits per heavy atom. The average Bonchev–Trinajstić information content (AvgIpc) is 2.99. The Balaban J connectivity index is 1.99. The summed E-state index contributed by atoms with van der Waals surface area (Å²) in [6.07, 6.45) is 4.66. The molecule has 0 amide bonds. The summed E-state index contributed by atoms with van der Waals surface area (Å²) in [5, 5.41) is 3.11. The minimum Gasteiger partial charge on any atom is -0.372 e. The summed E-state index contributed by atoms with van der Waals surface area (Å²) in [5.41, 5.74) is 0. The molecule has 0 bridgehead atoms. The molecular weight excluding hydrogens is 180 g/mol. The summed E-state index contributed by atoms with van der Waals surface area (Å²) in [6, 6.07) is 4.13. The van der Waals surface area contributed by atoms with Gasteiger partial charge in [0, 0.05) is 23.9 Å². The maximum Gasteiger partial charge on any atom is 0.139 e. The van der Waals surface area contributed by atoms with Crippen molar-refractivity contribution < 1.29 is 0 Å². The molecule has 70 valence electrons. The maximum absolute atomic E-state index is 4.26. The molecule has 2 rings (SSSR count). The lowest BCUT2D eigenvalue weighted by Crippen LogP contribution is -1.94. The molecule has 0 aliphatic heterocycles. The molecule has 0 radical (unpaired) electrons. The van der Waals surface area contributed by atoms with E-state index in [1.807, 2.05) is 31.1 Å². The van der Waals surface area contributed by atoms with E-state index >= 15 is 0 Å². The zero-order chi connectivity index (χ0) is 9.10. The van der Waals surface area contributed by atoms with E-state index in [9.17, 15) is 0 Å². The Kier molecular flexibility index (Phi) is 2.74. The van der Waals surface area contributed by atoms with Crippen molar-refractivity contribution in [2.24, 2.45) is 5.92 Å². The molecule has 0 atom stereocenters. The van der Waals surface area contributed by atoms with Crippen LogP contribution in [-0.4, -0.2) is 17.8 Å². The normalized spacial score (nSPS) is 15.8. The van der Waals surface area contributed by atoms with Crippen LogP contribution in [0.4, 0.5) is 5.82 Å². The van der Waals surface area contributed by atoms with E-state index in [-0.39, 0.29) is 0 Å². The van der Waals surface area contributed by atoms with E-state index in [1.165, 1.54) is 23.5 Å². The number of hydrogen-bond acceptors (Lipinski definition) is 3. The lowest BCUT2D eigenvalue weighted by Gasteiger charge is -2.05. The SMILES string of the molecule is CNc1ncccc1SCC1CC1.